The second-order valence-corrected chi connectivity index (χ2v) is 4.53. The van der Waals surface area contributed by atoms with E-state index in [1.165, 1.54) is 0 Å². The van der Waals surface area contributed by atoms with Crippen LogP contribution in [0.2, 0.25) is 0 Å². The summed E-state index contributed by atoms with van der Waals surface area (Å²) in [7, 11) is 1.90. The number of ether oxygens (including phenoxy) is 1. The lowest BCUT2D eigenvalue weighted by molar-refractivity contribution is -0.119. The highest BCUT2D eigenvalue weighted by Crippen LogP contribution is 2.22. The average molecular weight is 274 g/mol. The predicted molar refractivity (Wildman–Crippen MR) is 76.4 cm³/mol. The lowest BCUT2D eigenvalue weighted by Gasteiger charge is -2.16. The van der Waals surface area contributed by atoms with Gasteiger partial charge in [-0.1, -0.05) is 6.07 Å². The number of hydrogen-bond donors (Lipinski definition) is 2. The number of rotatable bonds is 6. The number of nitrogens with two attached hydrogens (primary N) is 1. The quantitative estimate of drug-likeness (QED) is 0.835. The van der Waals surface area contributed by atoms with Gasteiger partial charge in [0, 0.05) is 25.0 Å². The highest BCUT2D eigenvalue weighted by Gasteiger charge is 2.09. The van der Waals surface area contributed by atoms with Crippen molar-refractivity contribution in [3.63, 3.8) is 0 Å². The lowest BCUT2D eigenvalue weighted by Crippen LogP contribution is -2.20. The molecule has 1 aromatic heterocycles. The van der Waals surface area contributed by atoms with Crippen LogP contribution >= 0.6 is 0 Å². The van der Waals surface area contributed by atoms with E-state index in [1.807, 2.05) is 42.9 Å². The van der Waals surface area contributed by atoms with Crippen LogP contribution in [0.15, 0.2) is 36.5 Å². The van der Waals surface area contributed by atoms with Crippen LogP contribution in [0.4, 0.5) is 5.69 Å². The fourth-order valence-electron chi connectivity index (χ4n) is 1.96. The fraction of sp³-hybridized carbons (Fsp3) is 0.286. The molecule has 6 heteroatoms. The van der Waals surface area contributed by atoms with E-state index < -0.39 is 5.91 Å². The van der Waals surface area contributed by atoms with Crippen LogP contribution in [0.25, 0.3) is 0 Å². The zero-order chi connectivity index (χ0) is 14.5. The van der Waals surface area contributed by atoms with Crippen molar-refractivity contribution in [3.8, 4) is 5.75 Å². The van der Waals surface area contributed by atoms with Crippen molar-refractivity contribution in [2.24, 2.45) is 12.8 Å². The van der Waals surface area contributed by atoms with E-state index >= 15 is 0 Å². The number of carbonyl (C=O) groups is 1. The first-order valence-electron chi connectivity index (χ1n) is 6.32. The smallest absolute Gasteiger partial charge is 0.255 e. The third-order valence-corrected chi connectivity index (χ3v) is 2.90. The minimum absolute atomic E-state index is 0.105. The molecule has 2 aromatic rings. The molecule has 0 aliphatic carbocycles. The molecule has 1 amide bonds. The topological polar surface area (TPSA) is 82.2 Å². The van der Waals surface area contributed by atoms with E-state index in [4.69, 9.17) is 10.5 Å². The van der Waals surface area contributed by atoms with Crippen molar-refractivity contribution < 1.29 is 9.53 Å². The fourth-order valence-corrected chi connectivity index (χ4v) is 1.96. The zero-order valence-corrected chi connectivity index (χ0v) is 11.5. The van der Waals surface area contributed by atoms with Crippen molar-refractivity contribution in [2.45, 2.75) is 13.0 Å². The van der Waals surface area contributed by atoms with Crippen LogP contribution in [-0.4, -0.2) is 22.3 Å². The van der Waals surface area contributed by atoms with Gasteiger partial charge in [0.15, 0.2) is 6.61 Å². The molecule has 0 aliphatic heterocycles. The maximum absolute atomic E-state index is 10.7. The SMILES string of the molecule is CC(Nc1cccc(OCC(N)=O)c1)c1ccnn1C. The summed E-state index contributed by atoms with van der Waals surface area (Å²) in [5.41, 5.74) is 7.03. The van der Waals surface area contributed by atoms with Gasteiger partial charge in [-0.25, -0.2) is 0 Å². The normalized spacial score (nSPS) is 11.9. The summed E-state index contributed by atoms with van der Waals surface area (Å²) in [5, 5.41) is 7.50. The molecule has 0 aliphatic rings. The van der Waals surface area contributed by atoms with Gasteiger partial charge in [-0.05, 0) is 25.1 Å². The standard InChI is InChI=1S/C14H18N4O2/c1-10(13-6-7-16-18(13)2)17-11-4-3-5-12(8-11)20-9-14(15)19/h3-8,10,17H,9H2,1-2H3,(H2,15,19). The van der Waals surface area contributed by atoms with Gasteiger partial charge in [0.2, 0.25) is 0 Å². The van der Waals surface area contributed by atoms with E-state index in [9.17, 15) is 4.79 Å². The van der Waals surface area contributed by atoms with Crippen molar-refractivity contribution in [1.29, 1.82) is 0 Å². The zero-order valence-electron chi connectivity index (χ0n) is 11.5. The van der Waals surface area contributed by atoms with Crippen molar-refractivity contribution >= 4 is 11.6 Å². The Labute approximate surface area is 117 Å². The molecular weight excluding hydrogens is 256 g/mol. The number of primary amides is 1. The largest absolute Gasteiger partial charge is 0.484 e. The summed E-state index contributed by atoms with van der Waals surface area (Å²) in [6.45, 7) is 1.93. The molecule has 0 spiro atoms. The maximum Gasteiger partial charge on any atom is 0.255 e. The van der Waals surface area contributed by atoms with Crippen LogP contribution in [0.5, 0.6) is 5.75 Å². The van der Waals surface area contributed by atoms with Gasteiger partial charge in [-0.15, -0.1) is 0 Å². The number of carbonyl (C=O) groups excluding carboxylic acids is 1. The number of anilines is 1. The van der Waals surface area contributed by atoms with E-state index in [0.717, 1.165) is 11.4 Å². The Bertz CT molecular complexity index is 594. The Morgan fingerprint density at radius 3 is 2.95 bits per heavy atom. The molecule has 1 unspecified atom stereocenters. The van der Waals surface area contributed by atoms with E-state index in [0.29, 0.717) is 5.75 Å². The minimum atomic E-state index is -0.494. The second kappa shape index (κ2) is 6.10. The maximum atomic E-state index is 10.7. The van der Waals surface area contributed by atoms with Crippen LogP contribution in [0.1, 0.15) is 18.7 Å². The van der Waals surface area contributed by atoms with Crippen LogP contribution in [-0.2, 0) is 11.8 Å². The number of aromatic nitrogens is 2. The Morgan fingerprint density at radius 1 is 1.50 bits per heavy atom. The Kier molecular flexibility index (Phi) is 4.24. The number of amides is 1. The van der Waals surface area contributed by atoms with Crippen molar-refractivity contribution in [3.05, 3.63) is 42.2 Å². The molecule has 0 radical (unpaired) electrons. The summed E-state index contributed by atoms with van der Waals surface area (Å²) in [6, 6.07) is 9.47. The van der Waals surface area contributed by atoms with Crippen molar-refractivity contribution in [2.75, 3.05) is 11.9 Å². The van der Waals surface area contributed by atoms with Crippen molar-refractivity contribution in [1.82, 2.24) is 9.78 Å². The third kappa shape index (κ3) is 3.50. The monoisotopic (exact) mass is 274 g/mol. The second-order valence-electron chi connectivity index (χ2n) is 4.53. The molecule has 6 nitrogen and oxygen atoms in total. The number of aryl methyl sites for hydroxylation is 1. The number of benzene rings is 1. The molecule has 2 rings (SSSR count). The van der Waals surface area contributed by atoms with Gasteiger partial charge < -0.3 is 15.8 Å². The molecule has 106 valence electrons. The molecule has 3 N–H and O–H groups in total. The average Bonchev–Trinajstić information content (AvgIpc) is 2.83. The summed E-state index contributed by atoms with van der Waals surface area (Å²) in [6.07, 6.45) is 1.76. The predicted octanol–water partition coefficient (Wildman–Crippen LogP) is 1.46. The highest BCUT2D eigenvalue weighted by molar-refractivity contribution is 5.75. The van der Waals surface area contributed by atoms with Gasteiger partial charge in [0.1, 0.15) is 5.75 Å². The first-order valence-corrected chi connectivity index (χ1v) is 6.32. The molecule has 0 bridgehead atoms. The molecule has 1 aromatic carbocycles. The minimum Gasteiger partial charge on any atom is -0.484 e. The molecule has 0 saturated carbocycles. The van der Waals surface area contributed by atoms with Crippen LogP contribution < -0.4 is 15.8 Å². The molecule has 1 atom stereocenters. The first kappa shape index (κ1) is 13.9. The number of hydrogen-bond acceptors (Lipinski definition) is 4. The highest BCUT2D eigenvalue weighted by atomic mass is 16.5. The number of nitrogens with zero attached hydrogens (tertiary/aromatic N) is 2. The Hall–Kier alpha value is -2.50. The molecule has 1 heterocycles. The molecule has 0 fully saturated rings. The summed E-state index contributed by atoms with van der Waals surface area (Å²) >= 11 is 0. The van der Waals surface area contributed by atoms with Crippen LogP contribution in [0.3, 0.4) is 0 Å². The third-order valence-electron chi connectivity index (χ3n) is 2.90. The van der Waals surface area contributed by atoms with Crippen LogP contribution in [0, 0.1) is 0 Å². The molecule has 0 saturated heterocycles. The van der Waals surface area contributed by atoms with E-state index in [2.05, 4.69) is 10.4 Å². The summed E-state index contributed by atoms with van der Waals surface area (Å²) in [4.78, 5) is 10.7. The van der Waals surface area contributed by atoms with Gasteiger partial charge in [-0.2, -0.15) is 5.10 Å². The van der Waals surface area contributed by atoms with E-state index in [1.54, 1.807) is 12.3 Å². The molecular formula is C14H18N4O2. The van der Waals surface area contributed by atoms with E-state index in [-0.39, 0.29) is 12.6 Å². The first-order chi connectivity index (χ1) is 9.56. The Balaban J connectivity index is 2.04. The van der Waals surface area contributed by atoms with Gasteiger partial charge >= 0.3 is 0 Å². The van der Waals surface area contributed by atoms with Gasteiger partial charge in [0.05, 0.1) is 11.7 Å². The van der Waals surface area contributed by atoms with Gasteiger partial charge in [0.25, 0.3) is 5.91 Å². The Morgan fingerprint density at radius 2 is 2.30 bits per heavy atom. The summed E-state index contributed by atoms with van der Waals surface area (Å²) in [5.74, 6) is 0.109. The summed E-state index contributed by atoms with van der Waals surface area (Å²) < 4.78 is 7.10. The van der Waals surface area contributed by atoms with Gasteiger partial charge in [-0.3, -0.25) is 9.48 Å². The molecule has 20 heavy (non-hydrogen) atoms. The lowest BCUT2D eigenvalue weighted by atomic mass is 10.2. The number of nitrogens with one attached hydrogen (secondary N) is 1.